The van der Waals surface area contributed by atoms with Gasteiger partial charge in [0.2, 0.25) is 0 Å². The lowest BCUT2D eigenvalue weighted by Gasteiger charge is -2.27. The minimum atomic E-state index is -0.0533. The van der Waals surface area contributed by atoms with Gasteiger partial charge in [0, 0.05) is 12.7 Å². The molecule has 1 atom stereocenters. The van der Waals surface area contributed by atoms with Crippen molar-refractivity contribution in [1.82, 2.24) is 14.5 Å². The predicted octanol–water partition coefficient (Wildman–Crippen LogP) is 3.53. The quantitative estimate of drug-likeness (QED) is 0.779. The van der Waals surface area contributed by atoms with Crippen LogP contribution in [0.25, 0.3) is 11.0 Å². The fraction of sp³-hybridized carbons (Fsp3) is 0.538. The number of imidazole rings is 1. The van der Waals surface area contributed by atoms with Gasteiger partial charge < -0.3 is 4.57 Å². The largest absolute Gasteiger partial charge is 0.326 e. The maximum atomic E-state index is 6.22. The van der Waals surface area contributed by atoms with Gasteiger partial charge in [-0.2, -0.15) is 0 Å². The van der Waals surface area contributed by atoms with E-state index in [-0.39, 0.29) is 5.38 Å². The Kier molecular flexibility index (Phi) is 2.79. The molecule has 1 aliphatic carbocycles. The van der Waals surface area contributed by atoms with Gasteiger partial charge in [0.1, 0.15) is 11.3 Å². The zero-order valence-electron chi connectivity index (χ0n) is 9.93. The second kappa shape index (κ2) is 4.30. The van der Waals surface area contributed by atoms with E-state index >= 15 is 0 Å². The molecule has 2 heterocycles. The molecule has 0 bridgehead atoms. The van der Waals surface area contributed by atoms with E-state index in [1.807, 2.05) is 25.4 Å². The molecule has 2 aromatic heterocycles. The van der Waals surface area contributed by atoms with E-state index in [0.717, 1.165) is 29.3 Å². The average Bonchev–Trinajstić information content (AvgIpc) is 2.62. The number of alkyl halides is 1. The van der Waals surface area contributed by atoms with E-state index in [0.29, 0.717) is 0 Å². The molecule has 2 aromatic rings. The monoisotopic (exact) mass is 249 g/mol. The zero-order chi connectivity index (χ0) is 11.8. The summed E-state index contributed by atoms with van der Waals surface area (Å²) in [7, 11) is 0. The Morgan fingerprint density at radius 2 is 2.35 bits per heavy atom. The number of pyridine rings is 1. The minimum Gasteiger partial charge on any atom is -0.326 e. The highest BCUT2D eigenvalue weighted by Crippen LogP contribution is 2.31. The van der Waals surface area contributed by atoms with Gasteiger partial charge in [-0.25, -0.2) is 4.98 Å². The number of nitrogens with zero attached hydrogens (tertiary/aromatic N) is 3. The highest BCUT2D eigenvalue weighted by Gasteiger charge is 2.22. The topological polar surface area (TPSA) is 30.7 Å². The van der Waals surface area contributed by atoms with Crippen molar-refractivity contribution < 1.29 is 0 Å². The van der Waals surface area contributed by atoms with Crippen LogP contribution in [-0.4, -0.2) is 14.5 Å². The van der Waals surface area contributed by atoms with E-state index in [4.69, 9.17) is 11.6 Å². The van der Waals surface area contributed by atoms with Gasteiger partial charge in [-0.1, -0.05) is 6.42 Å². The Morgan fingerprint density at radius 3 is 3.00 bits per heavy atom. The van der Waals surface area contributed by atoms with Crippen LogP contribution in [0.4, 0.5) is 0 Å². The third kappa shape index (κ3) is 1.93. The molecule has 3 nitrogen and oxygen atoms in total. The normalized spacial score (nSPS) is 18.2. The molecule has 17 heavy (non-hydrogen) atoms. The summed E-state index contributed by atoms with van der Waals surface area (Å²) in [6.45, 7) is 3.03. The van der Waals surface area contributed by atoms with Crippen molar-refractivity contribution in [2.45, 2.75) is 38.1 Å². The summed E-state index contributed by atoms with van der Waals surface area (Å²) in [5.74, 6) is 1.77. The molecule has 0 saturated heterocycles. The SMILES string of the molecule is CC(Cl)c1nc2cnccc2n1CC1CCC1. The number of aromatic nitrogens is 3. The molecular formula is C13H16ClN3. The summed E-state index contributed by atoms with van der Waals surface area (Å²) in [5.41, 5.74) is 2.11. The lowest BCUT2D eigenvalue weighted by molar-refractivity contribution is 0.276. The fourth-order valence-corrected chi connectivity index (χ4v) is 2.60. The first-order chi connectivity index (χ1) is 8.25. The van der Waals surface area contributed by atoms with E-state index in [1.54, 1.807) is 0 Å². The van der Waals surface area contributed by atoms with Crippen molar-refractivity contribution in [3.05, 3.63) is 24.3 Å². The summed E-state index contributed by atoms with van der Waals surface area (Å²) < 4.78 is 2.28. The summed E-state index contributed by atoms with van der Waals surface area (Å²) in [6, 6.07) is 2.03. The fourth-order valence-electron chi connectivity index (χ4n) is 2.43. The van der Waals surface area contributed by atoms with E-state index < -0.39 is 0 Å². The molecular weight excluding hydrogens is 234 g/mol. The molecule has 90 valence electrons. The molecule has 0 radical (unpaired) electrons. The molecule has 1 aliphatic rings. The Labute approximate surface area is 106 Å². The third-order valence-corrected chi connectivity index (χ3v) is 3.80. The molecule has 3 rings (SSSR count). The van der Waals surface area contributed by atoms with Gasteiger partial charge >= 0.3 is 0 Å². The van der Waals surface area contributed by atoms with Gasteiger partial charge in [0.05, 0.1) is 17.1 Å². The minimum absolute atomic E-state index is 0.0533. The highest BCUT2D eigenvalue weighted by atomic mass is 35.5. The summed E-state index contributed by atoms with van der Waals surface area (Å²) >= 11 is 6.22. The molecule has 0 N–H and O–H groups in total. The number of halogens is 1. The molecule has 0 amide bonds. The molecule has 0 aromatic carbocycles. The molecule has 0 spiro atoms. The Morgan fingerprint density at radius 1 is 1.53 bits per heavy atom. The Balaban J connectivity index is 2.06. The first-order valence-corrected chi connectivity index (χ1v) is 6.63. The summed E-state index contributed by atoms with van der Waals surface area (Å²) in [6.07, 6.45) is 7.67. The lowest BCUT2D eigenvalue weighted by Crippen LogP contribution is -2.19. The van der Waals surface area contributed by atoms with Crippen LogP contribution in [0.5, 0.6) is 0 Å². The van der Waals surface area contributed by atoms with Crippen LogP contribution in [-0.2, 0) is 6.54 Å². The van der Waals surface area contributed by atoms with Crippen LogP contribution in [0.3, 0.4) is 0 Å². The highest BCUT2D eigenvalue weighted by molar-refractivity contribution is 6.20. The van der Waals surface area contributed by atoms with Crippen molar-refractivity contribution in [2.75, 3.05) is 0 Å². The van der Waals surface area contributed by atoms with Gasteiger partial charge in [0.25, 0.3) is 0 Å². The van der Waals surface area contributed by atoms with Crippen LogP contribution in [0.15, 0.2) is 18.5 Å². The van der Waals surface area contributed by atoms with E-state index in [2.05, 4.69) is 14.5 Å². The first kappa shape index (κ1) is 11.0. The van der Waals surface area contributed by atoms with Crippen molar-refractivity contribution >= 4 is 22.6 Å². The smallest absolute Gasteiger partial charge is 0.127 e. The second-order valence-corrected chi connectivity index (χ2v) is 5.51. The third-order valence-electron chi connectivity index (χ3n) is 3.60. The second-order valence-electron chi connectivity index (χ2n) is 4.86. The molecule has 1 unspecified atom stereocenters. The number of rotatable bonds is 3. The first-order valence-electron chi connectivity index (χ1n) is 6.20. The summed E-state index contributed by atoms with van der Waals surface area (Å²) in [4.78, 5) is 8.71. The van der Waals surface area contributed by atoms with Crippen molar-refractivity contribution in [3.8, 4) is 0 Å². The lowest BCUT2D eigenvalue weighted by atomic mass is 9.85. The van der Waals surface area contributed by atoms with Crippen LogP contribution in [0, 0.1) is 5.92 Å². The van der Waals surface area contributed by atoms with Crippen molar-refractivity contribution in [3.63, 3.8) is 0 Å². The maximum Gasteiger partial charge on any atom is 0.127 e. The number of hydrogen-bond donors (Lipinski definition) is 0. The molecule has 4 heteroatoms. The number of hydrogen-bond acceptors (Lipinski definition) is 2. The van der Waals surface area contributed by atoms with Gasteiger partial charge in [-0.3, -0.25) is 4.98 Å². The van der Waals surface area contributed by atoms with Crippen LogP contribution in [0.2, 0.25) is 0 Å². The molecule has 1 fully saturated rings. The average molecular weight is 250 g/mol. The van der Waals surface area contributed by atoms with E-state index in [9.17, 15) is 0 Å². The molecule has 1 saturated carbocycles. The van der Waals surface area contributed by atoms with Crippen molar-refractivity contribution in [2.24, 2.45) is 5.92 Å². The standard InChI is InChI=1S/C13H16ClN3/c1-9(14)13-16-11-7-15-6-5-12(11)17(13)8-10-3-2-4-10/h5-7,9-10H,2-4,8H2,1H3. The van der Waals surface area contributed by atoms with Crippen LogP contribution in [0.1, 0.15) is 37.4 Å². The maximum absolute atomic E-state index is 6.22. The van der Waals surface area contributed by atoms with Gasteiger partial charge in [-0.05, 0) is 31.7 Å². The molecule has 0 aliphatic heterocycles. The Hall–Kier alpha value is -1.09. The van der Waals surface area contributed by atoms with E-state index in [1.165, 1.54) is 19.3 Å². The summed E-state index contributed by atoms with van der Waals surface area (Å²) in [5, 5.41) is -0.0533. The van der Waals surface area contributed by atoms with Gasteiger partial charge in [0.15, 0.2) is 0 Å². The van der Waals surface area contributed by atoms with Crippen LogP contribution >= 0.6 is 11.6 Å². The Bertz CT molecular complexity index is 528. The van der Waals surface area contributed by atoms with Crippen molar-refractivity contribution in [1.29, 1.82) is 0 Å². The predicted molar refractivity (Wildman–Crippen MR) is 69.1 cm³/mol. The number of fused-ring (bicyclic) bond motifs is 1. The zero-order valence-corrected chi connectivity index (χ0v) is 10.7. The van der Waals surface area contributed by atoms with Crippen LogP contribution < -0.4 is 0 Å². The van der Waals surface area contributed by atoms with Gasteiger partial charge in [-0.15, -0.1) is 11.6 Å².